The second kappa shape index (κ2) is 5.64. The second-order valence-electron chi connectivity index (χ2n) is 5.16. The molecular formula is C17H13FN2O3. The van der Waals surface area contributed by atoms with E-state index in [2.05, 4.69) is 4.98 Å². The van der Waals surface area contributed by atoms with E-state index >= 15 is 0 Å². The molecule has 5 nitrogen and oxygen atoms in total. The van der Waals surface area contributed by atoms with Crippen LogP contribution in [0.1, 0.15) is 18.5 Å². The maximum atomic E-state index is 13.6. The number of hydrogen-bond acceptors (Lipinski definition) is 4. The number of ketones is 1. The molecule has 1 atom stereocenters. The Balaban J connectivity index is 2.20. The first-order valence-corrected chi connectivity index (χ1v) is 6.94. The average Bonchev–Trinajstić information content (AvgIpc) is 2.80. The lowest BCUT2D eigenvalue weighted by Crippen LogP contribution is -2.31. The maximum absolute atomic E-state index is 13.6. The molecule has 0 spiro atoms. The molecule has 0 saturated carbocycles. The number of halogens is 1. The first-order valence-electron chi connectivity index (χ1n) is 6.94. The lowest BCUT2D eigenvalue weighted by molar-refractivity contribution is -0.117. The third-order valence-electron chi connectivity index (χ3n) is 3.68. The Labute approximate surface area is 131 Å². The van der Waals surface area contributed by atoms with Gasteiger partial charge in [0.25, 0.3) is 5.91 Å². The molecule has 2 aromatic rings. The van der Waals surface area contributed by atoms with Gasteiger partial charge in [0.15, 0.2) is 11.5 Å². The van der Waals surface area contributed by atoms with Gasteiger partial charge in [-0.05, 0) is 36.8 Å². The largest absolute Gasteiger partial charge is 0.503 e. The van der Waals surface area contributed by atoms with Crippen molar-refractivity contribution in [2.24, 2.45) is 0 Å². The van der Waals surface area contributed by atoms with Crippen molar-refractivity contribution < 1.29 is 19.1 Å². The minimum atomic E-state index is -0.889. The van der Waals surface area contributed by atoms with Crippen LogP contribution in [0.5, 0.6) is 0 Å². The molecule has 6 heteroatoms. The van der Waals surface area contributed by atoms with E-state index in [0.29, 0.717) is 11.3 Å². The Kier molecular flexibility index (Phi) is 3.65. The van der Waals surface area contributed by atoms with Gasteiger partial charge in [-0.2, -0.15) is 0 Å². The van der Waals surface area contributed by atoms with E-state index in [-0.39, 0.29) is 5.57 Å². The molecule has 2 heterocycles. The third-order valence-corrected chi connectivity index (χ3v) is 3.68. The zero-order valence-corrected chi connectivity index (χ0v) is 12.2. The van der Waals surface area contributed by atoms with Crippen LogP contribution in [0.25, 0.3) is 0 Å². The molecule has 1 amide bonds. The van der Waals surface area contributed by atoms with Gasteiger partial charge in [0.05, 0.1) is 23.5 Å². The number of anilines is 1. The van der Waals surface area contributed by atoms with Gasteiger partial charge in [-0.15, -0.1) is 0 Å². The fraction of sp³-hybridized carbons (Fsp3) is 0.118. The number of Topliss-reactive ketones (excluding diaryl/α,β-unsaturated/α-hetero) is 1. The highest BCUT2D eigenvalue weighted by atomic mass is 19.1. The van der Waals surface area contributed by atoms with Crippen LogP contribution in [-0.2, 0) is 9.59 Å². The van der Waals surface area contributed by atoms with Crippen LogP contribution >= 0.6 is 0 Å². The molecule has 0 aliphatic carbocycles. The summed E-state index contributed by atoms with van der Waals surface area (Å²) in [5.74, 6) is -2.26. The van der Waals surface area contributed by atoms with Crippen molar-refractivity contribution in [3.05, 3.63) is 71.5 Å². The Morgan fingerprint density at radius 1 is 1.30 bits per heavy atom. The van der Waals surface area contributed by atoms with Crippen molar-refractivity contribution in [2.45, 2.75) is 13.0 Å². The van der Waals surface area contributed by atoms with Crippen LogP contribution in [0.4, 0.5) is 10.1 Å². The lowest BCUT2D eigenvalue weighted by atomic mass is 9.96. The summed E-state index contributed by atoms with van der Waals surface area (Å²) in [6.07, 6.45) is 2.99. The van der Waals surface area contributed by atoms with Crippen molar-refractivity contribution in [2.75, 3.05) is 4.90 Å². The number of hydrogen-bond donors (Lipinski definition) is 1. The van der Waals surface area contributed by atoms with E-state index in [1.165, 1.54) is 36.2 Å². The third kappa shape index (κ3) is 2.48. The average molecular weight is 312 g/mol. The van der Waals surface area contributed by atoms with Crippen LogP contribution in [0, 0.1) is 5.82 Å². The Morgan fingerprint density at radius 2 is 2.09 bits per heavy atom. The molecule has 0 radical (unpaired) electrons. The predicted molar refractivity (Wildman–Crippen MR) is 81.2 cm³/mol. The van der Waals surface area contributed by atoms with Crippen LogP contribution < -0.4 is 4.90 Å². The van der Waals surface area contributed by atoms with Crippen molar-refractivity contribution in [1.29, 1.82) is 0 Å². The van der Waals surface area contributed by atoms with Gasteiger partial charge < -0.3 is 5.11 Å². The van der Waals surface area contributed by atoms with Crippen LogP contribution in [0.15, 0.2) is 60.1 Å². The Morgan fingerprint density at radius 3 is 2.70 bits per heavy atom. The number of pyridine rings is 1. The van der Waals surface area contributed by atoms with Crippen molar-refractivity contribution in [1.82, 2.24) is 4.98 Å². The number of amides is 1. The molecule has 1 aromatic carbocycles. The molecule has 116 valence electrons. The normalized spacial score (nSPS) is 17.7. The monoisotopic (exact) mass is 312 g/mol. The lowest BCUT2D eigenvalue weighted by Gasteiger charge is -2.26. The number of rotatable bonds is 3. The quantitative estimate of drug-likeness (QED) is 0.946. The summed E-state index contributed by atoms with van der Waals surface area (Å²) in [4.78, 5) is 29.6. The van der Waals surface area contributed by atoms with Gasteiger partial charge in [-0.3, -0.25) is 19.5 Å². The van der Waals surface area contributed by atoms with Crippen molar-refractivity contribution in [3.63, 3.8) is 0 Å². The standard InChI is InChI=1S/C17H13FN2O3/c1-10(21)14-15(11-4-2-5-12(18)8-11)20(17(23)16(14)22)13-6-3-7-19-9-13/h2-9,15,22H,1H3/t15-/m0/s1. The summed E-state index contributed by atoms with van der Waals surface area (Å²) in [6.45, 7) is 1.26. The smallest absolute Gasteiger partial charge is 0.294 e. The highest BCUT2D eigenvalue weighted by Crippen LogP contribution is 2.40. The van der Waals surface area contributed by atoms with Crippen LogP contribution in [0.3, 0.4) is 0 Å². The minimum Gasteiger partial charge on any atom is -0.503 e. The minimum absolute atomic E-state index is 0.0514. The van der Waals surface area contributed by atoms with E-state index in [4.69, 9.17) is 0 Å². The predicted octanol–water partition coefficient (Wildman–Crippen LogP) is 2.71. The fourth-order valence-corrected chi connectivity index (χ4v) is 2.72. The molecule has 0 fully saturated rings. The molecule has 1 aliphatic rings. The molecule has 1 aromatic heterocycles. The first kappa shape index (κ1) is 14.9. The number of aliphatic hydroxyl groups is 1. The Bertz CT molecular complexity index is 818. The zero-order chi connectivity index (χ0) is 16.6. The summed E-state index contributed by atoms with van der Waals surface area (Å²) >= 11 is 0. The molecule has 0 saturated heterocycles. The number of carbonyl (C=O) groups is 2. The van der Waals surface area contributed by atoms with Crippen molar-refractivity contribution >= 4 is 17.4 Å². The van der Waals surface area contributed by atoms with Crippen molar-refractivity contribution in [3.8, 4) is 0 Å². The molecular weight excluding hydrogens is 299 g/mol. The number of carbonyl (C=O) groups excluding carboxylic acids is 2. The zero-order valence-electron chi connectivity index (χ0n) is 12.2. The fourth-order valence-electron chi connectivity index (χ4n) is 2.72. The van der Waals surface area contributed by atoms with Crippen LogP contribution in [0.2, 0.25) is 0 Å². The highest BCUT2D eigenvalue weighted by molar-refractivity contribution is 6.16. The summed E-state index contributed by atoms with van der Waals surface area (Å²) < 4.78 is 13.6. The van der Waals surface area contributed by atoms with E-state index < -0.39 is 29.3 Å². The van der Waals surface area contributed by atoms with Gasteiger partial charge in [0.1, 0.15) is 5.82 Å². The number of benzene rings is 1. The molecule has 23 heavy (non-hydrogen) atoms. The first-order chi connectivity index (χ1) is 11.0. The molecule has 1 N–H and O–H groups in total. The molecule has 1 aliphatic heterocycles. The highest BCUT2D eigenvalue weighted by Gasteiger charge is 2.43. The summed E-state index contributed by atoms with van der Waals surface area (Å²) in [6, 6.07) is 7.98. The number of aromatic nitrogens is 1. The number of aliphatic hydroxyl groups excluding tert-OH is 1. The SMILES string of the molecule is CC(=O)C1=C(O)C(=O)N(c2cccnc2)[C@H]1c1cccc(F)c1. The van der Waals surface area contributed by atoms with E-state index in [1.54, 1.807) is 24.4 Å². The molecule has 3 rings (SSSR count). The maximum Gasteiger partial charge on any atom is 0.294 e. The Hall–Kier alpha value is -3.02. The summed E-state index contributed by atoms with van der Waals surface area (Å²) in [5, 5.41) is 10.1. The van der Waals surface area contributed by atoms with E-state index in [0.717, 1.165) is 0 Å². The molecule has 0 bridgehead atoms. The van der Waals surface area contributed by atoms with E-state index in [9.17, 15) is 19.1 Å². The van der Waals surface area contributed by atoms with Gasteiger partial charge in [0, 0.05) is 6.20 Å². The summed E-state index contributed by atoms with van der Waals surface area (Å²) in [7, 11) is 0. The second-order valence-corrected chi connectivity index (χ2v) is 5.16. The van der Waals surface area contributed by atoms with Gasteiger partial charge in [0.2, 0.25) is 0 Å². The van der Waals surface area contributed by atoms with Gasteiger partial charge >= 0.3 is 0 Å². The van der Waals surface area contributed by atoms with Gasteiger partial charge in [-0.25, -0.2) is 4.39 Å². The molecule has 0 unspecified atom stereocenters. The van der Waals surface area contributed by atoms with E-state index in [1.807, 2.05) is 0 Å². The number of nitrogens with zero attached hydrogens (tertiary/aromatic N) is 2. The summed E-state index contributed by atoms with van der Waals surface area (Å²) in [5.41, 5.74) is 0.760. The van der Waals surface area contributed by atoms with Crippen LogP contribution in [-0.4, -0.2) is 21.8 Å². The topological polar surface area (TPSA) is 70.5 Å². The van der Waals surface area contributed by atoms with Gasteiger partial charge in [-0.1, -0.05) is 12.1 Å².